The van der Waals surface area contributed by atoms with E-state index in [1.165, 1.54) is 0 Å². The van der Waals surface area contributed by atoms with Crippen molar-refractivity contribution in [3.63, 3.8) is 0 Å². The summed E-state index contributed by atoms with van der Waals surface area (Å²) in [6.45, 7) is 0. The largest absolute Gasteiger partial charge is 0.481 e. The number of terminal acetylenes is 1. The molecule has 1 atom stereocenters. The Hall–Kier alpha value is -2.01. The Morgan fingerprint density at radius 2 is 2.14 bits per heavy atom. The third-order valence-electron chi connectivity index (χ3n) is 1.28. The number of carbonyl (C=O) groups excluding carboxylic acids is 1. The van der Waals surface area contributed by atoms with Gasteiger partial charge in [-0.2, -0.15) is 5.26 Å². The summed E-state index contributed by atoms with van der Waals surface area (Å²) in [6, 6.07) is 1.75. The molecule has 0 aliphatic heterocycles. The molecule has 0 saturated heterocycles. The predicted octanol–water partition coefficient (Wildman–Crippen LogP) is 0.310. The Balaban J connectivity index is 3.87. The van der Waals surface area contributed by atoms with Crippen LogP contribution in [0, 0.1) is 23.7 Å². The molecule has 0 rings (SSSR count). The van der Waals surface area contributed by atoms with Gasteiger partial charge in [-0.05, 0) is 0 Å². The van der Waals surface area contributed by atoms with Gasteiger partial charge < -0.3 is 9.84 Å². The molecule has 5 nitrogen and oxygen atoms in total. The van der Waals surface area contributed by atoms with Crippen molar-refractivity contribution in [3.05, 3.63) is 0 Å². The normalized spacial score (nSPS) is 10.7. The molecule has 0 bridgehead atoms. The van der Waals surface area contributed by atoms with Crippen molar-refractivity contribution in [2.75, 3.05) is 0 Å². The third kappa shape index (κ3) is 5.62. The Labute approximate surface area is 81.3 Å². The number of esters is 1. The third-order valence-corrected chi connectivity index (χ3v) is 1.28. The minimum absolute atomic E-state index is 0.0880. The highest BCUT2D eigenvalue weighted by atomic mass is 16.5. The molecule has 0 radical (unpaired) electrons. The highest BCUT2D eigenvalue weighted by molar-refractivity contribution is 5.76. The number of aliphatic carboxylic acids is 1. The smallest absolute Gasteiger partial charge is 0.307 e. The van der Waals surface area contributed by atoms with Crippen molar-refractivity contribution in [1.82, 2.24) is 0 Å². The first kappa shape index (κ1) is 12.0. The van der Waals surface area contributed by atoms with Crippen LogP contribution in [0.3, 0.4) is 0 Å². The lowest BCUT2D eigenvalue weighted by Gasteiger charge is -2.07. The Morgan fingerprint density at radius 3 is 2.57 bits per heavy atom. The van der Waals surface area contributed by atoms with E-state index < -0.39 is 18.0 Å². The molecule has 14 heavy (non-hydrogen) atoms. The van der Waals surface area contributed by atoms with Gasteiger partial charge >= 0.3 is 11.9 Å². The maximum Gasteiger partial charge on any atom is 0.307 e. The average Bonchev–Trinajstić information content (AvgIpc) is 2.14. The maximum atomic E-state index is 10.9. The van der Waals surface area contributed by atoms with Gasteiger partial charge in [0.15, 0.2) is 6.10 Å². The summed E-state index contributed by atoms with van der Waals surface area (Å²) < 4.78 is 4.63. The van der Waals surface area contributed by atoms with E-state index >= 15 is 0 Å². The molecule has 0 aromatic rings. The highest BCUT2D eigenvalue weighted by Crippen LogP contribution is 2.00. The Bertz CT molecular complexity index is 297. The van der Waals surface area contributed by atoms with Gasteiger partial charge in [0, 0.05) is 0 Å². The van der Waals surface area contributed by atoms with Gasteiger partial charge in [0.05, 0.1) is 25.3 Å². The Morgan fingerprint density at radius 1 is 1.50 bits per heavy atom. The molecule has 0 aliphatic rings. The number of nitriles is 1. The molecule has 0 saturated carbocycles. The van der Waals surface area contributed by atoms with Crippen molar-refractivity contribution >= 4 is 11.9 Å². The molecular formula is C9H9NO4. The van der Waals surface area contributed by atoms with Crippen LogP contribution in [0.25, 0.3) is 0 Å². The quantitative estimate of drug-likeness (QED) is 0.503. The molecule has 1 unspecified atom stereocenters. The summed E-state index contributed by atoms with van der Waals surface area (Å²) in [4.78, 5) is 21.0. The maximum absolute atomic E-state index is 10.9. The zero-order valence-corrected chi connectivity index (χ0v) is 7.40. The first-order valence-corrected chi connectivity index (χ1v) is 3.84. The fourth-order valence-electron chi connectivity index (χ4n) is 0.644. The van der Waals surface area contributed by atoms with Crippen molar-refractivity contribution < 1.29 is 19.4 Å². The zero-order chi connectivity index (χ0) is 11.0. The second kappa shape index (κ2) is 6.50. The number of carbonyl (C=O) groups is 2. The lowest BCUT2D eigenvalue weighted by Crippen LogP contribution is -2.16. The van der Waals surface area contributed by atoms with Crippen LogP contribution in [-0.4, -0.2) is 23.1 Å². The fraction of sp³-hybridized carbons (Fsp3) is 0.444. The summed E-state index contributed by atoms with van der Waals surface area (Å²) in [5.41, 5.74) is 0. The van der Waals surface area contributed by atoms with E-state index in [1.807, 2.05) is 0 Å². The molecule has 5 heteroatoms. The summed E-state index contributed by atoms with van der Waals surface area (Å²) >= 11 is 0. The van der Waals surface area contributed by atoms with Crippen LogP contribution in [0.5, 0.6) is 0 Å². The second-order valence-electron chi connectivity index (χ2n) is 2.40. The molecule has 0 fully saturated rings. The lowest BCUT2D eigenvalue weighted by molar-refractivity contribution is -0.149. The number of carboxylic acid groups (broad SMARTS) is 1. The SMILES string of the molecule is C#CC(CC#N)OC(=O)CCC(=O)O. The number of rotatable bonds is 5. The first-order chi connectivity index (χ1) is 6.60. The fourth-order valence-corrected chi connectivity index (χ4v) is 0.644. The second-order valence-corrected chi connectivity index (χ2v) is 2.40. The van der Waals surface area contributed by atoms with E-state index in [0.29, 0.717) is 0 Å². The van der Waals surface area contributed by atoms with Crippen molar-refractivity contribution in [2.45, 2.75) is 25.4 Å². The number of ether oxygens (including phenoxy) is 1. The highest BCUT2D eigenvalue weighted by Gasteiger charge is 2.12. The number of hydrogen-bond acceptors (Lipinski definition) is 4. The van der Waals surface area contributed by atoms with Gasteiger partial charge in [0.2, 0.25) is 0 Å². The molecule has 74 valence electrons. The van der Waals surface area contributed by atoms with Crippen LogP contribution < -0.4 is 0 Å². The summed E-state index contributed by atoms with van der Waals surface area (Å²) in [7, 11) is 0. The van der Waals surface area contributed by atoms with Gasteiger partial charge in [-0.1, -0.05) is 5.92 Å². The van der Waals surface area contributed by atoms with Gasteiger partial charge in [0.1, 0.15) is 0 Å². The molecule has 0 aromatic carbocycles. The number of nitrogens with zero attached hydrogens (tertiary/aromatic N) is 1. The van der Waals surface area contributed by atoms with Crippen molar-refractivity contribution in [1.29, 1.82) is 5.26 Å². The van der Waals surface area contributed by atoms with Crippen LogP contribution in [0.2, 0.25) is 0 Å². The summed E-state index contributed by atoms with van der Waals surface area (Å²) in [5, 5.41) is 16.5. The molecule has 0 heterocycles. The monoisotopic (exact) mass is 195 g/mol. The van der Waals surface area contributed by atoms with Gasteiger partial charge in [-0.3, -0.25) is 9.59 Å². The molecule has 0 aliphatic carbocycles. The zero-order valence-electron chi connectivity index (χ0n) is 7.40. The molecule has 1 N–H and O–H groups in total. The first-order valence-electron chi connectivity index (χ1n) is 3.84. The van der Waals surface area contributed by atoms with Crippen LogP contribution >= 0.6 is 0 Å². The van der Waals surface area contributed by atoms with Crippen LogP contribution in [0.4, 0.5) is 0 Å². The standard InChI is InChI=1S/C9H9NO4/c1-2-7(5-6-10)14-9(13)4-3-8(11)12/h1,7H,3-5H2,(H,11,12). The molecule has 0 spiro atoms. The van der Waals surface area contributed by atoms with Crippen molar-refractivity contribution in [2.24, 2.45) is 0 Å². The average molecular weight is 195 g/mol. The summed E-state index contributed by atoms with van der Waals surface area (Å²) in [6.07, 6.45) is 3.45. The molecule has 0 aromatic heterocycles. The van der Waals surface area contributed by atoms with Crippen LogP contribution in [0.15, 0.2) is 0 Å². The number of hydrogen-bond donors (Lipinski definition) is 1. The van der Waals surface area contributed by atoms with Crippen LogP contribution in [0.1, 0.15) is 19.3 Å². The van der Waals surface area contributed by atoms with E-state index in [1.54, 1.807) is 6.07 Å². The van der Waals surface area contributed by atoms with Gasteiger partial charge in [0.25, 0.3) is 0 Å². The van der Waals surface area contributed by atoms with E-state index in [-0.39, 0.29) is 19.3 Å². The molecular weight excluding hydrogens is 186 g/mol. The van der Waals surface area contributed by atoms with E-state index in [0.717, 1.165) is 0 Å². The topological polar surface area (TPSA) is 87.4 Å². The molecule has 0 amide bonds. The van der Waals surface area contributed by atoms with Gasteiger partial charge in [-0.15, -0.1) is 6.42 Å². The van der Waals surface area contributed by atoms with Gasteiger partial charge in [-0.25, -0.2) is 0 Å². The van der Waals surface area contributed by atoms with E-state index in [9.17, 15) is 9.59 Å². The summed E-state index contributed by atoms with van der Waals surface area (Å²) in [5.74, 6) is 0.322. The van der Waals surface area contributed by atoms with E-state index in [4.69, 9.17) is 16.8 Å². The minimum Gasteiger partial charge on any atom is -0.481 e. The van der Waals surface area contributed by atoms with E-state index in [2.05, 4.69) is 10.7 Å². The van der Waals surface area contributed by atoms with Crippen LogP contribution in [-0.2, 0) is 14.3 Å². The van der Waals surface area contributed by atoms with Crippen molar-refractivity contribution in [3.8, 4) is 18.4 Å². The lowest BCUT2D eigenvalue weighted by atomic mass is 10.2. The Kier molecular flexibility index (Phi) is 5.57. The predicted molar refractivity (Wildman–Crippen MR) is 45.8 cm³/mol. The number of carboxylic acids is 1. The minimum atomic E-state index is -1.08.